The Hall–Kier alpha value is -2.80. The summed E-state index contributed by atoms with van der Waals surface area (Å²) in [5.74, 6) is 1.58. The van der Waals surface area contributed by atoms with E-state index in [0.29, 0.717) is 17.6 Å². The average molecular weight is 397 g/mol. The van der Waals surface area contributed by atoms with Gasteiger partial charge in [0.2, 0.25) is 11.1 Å². The number of nitrogens with zero attached hydrogens (tertiary/aromatic N) is 2. The Morgan fingerprint density at radius 2 is 2.04 bits per heavy atom. The van der Waals surface area contributed by atoms with Gasteiger partial charge in [0, 0.05) is 5.69 Å². The molecule has 2 N–H and O–H groups in total. The van der Waals surface area contributed by atoms with Crippen LogP contribution in [-0.4, -0.2) is 26.8 Å². The molecule has 0 fully saturated rings. The number of thioether (sulfide) groups is 1. The van der Waals surface area contributed by atoms with Crippen LogP contribution >= 0.6 is 11.8 Å². The van der Waals surface area contributed by atoms with Crippen molar-refractivity contribution in [3.05, 3.63) is 65.0 Å². The quantitative estimate of drug-likeness (QED) is 0.555. The number of rotatable bonds is 8. The van der Waals surface area contributed by atoms with Crippen LogP contribution in [0.15, 0.2) is 47.6 Å². The zero-order valence-electron chi connectivity index (χ0n) is 16.3. The van der Waals surface area contributed by atoms with Crippen LogP contribution in [0.3, 0.4) is 0 Å². The molecule has 0 atom stereocenters. The number of nitrogens with one attached hydrogen (secondary N) is 2. The van der Waals surface area contributed by atoms with Crippen molar-refractivity contribution in [1.29, 1.82) is 0 Å². The average Bonchev–Trinajstić information content (AvgIpc) is 3.14. The minimum absolute atomic E-state index is 0.0728. The number of hydrogen-bond acceptors (Lipinski definition) is 5. The molecule has 0 aliphatic carbocycles. The predicted octanol–water partition coefficient (Wildman–Crippen LogP) is 4.29. The van der Waals surface area contributed by atoms with Gasteiger partial charge < -0.3 is 10.1 Å². The normalized spacial score (nSPS) is 10.7. The molecule has 1 aromatic heterocycles. The summed E-state index contributed by atoms with van der Waals surface area (Å²) in [5.41, 5.74) is 4.23. The smallest absolute Gasteiger partial charge is 0.234 e. The number of ether oxygens (including phenoxy) is 1. The van der Waals surface area contributed by atoms with Crippen LogP contribution in [0.25, 0.3) is 0 Å². The second-order valence-corrected chi connectivity index (χ2v) is 7.41. The molecule has 0 aliphatic rings. The van der Waals surface area contributed by atoms with E-state index in [2.05, 4.69) is 27.4 Å². The number of carbonyl (C=O) groups excluding carboxylic acids is 1. The van der Waals surface area contributed by atoms with Crippen molar-refractivity contribution < 1.29 is 9.53 Å². The lowest BCUT2D eigenvalue weighted by Gasteiger charge is -2.12. The van der Waals surface area contributed by atoms with Gasteiger partial charge in [-0.2, -0.15) is 0 Å². The SMILES string of the molecule is CCc1cccc(C)c1NC(=O)CSc1n[nH]c(COc2cccc(C)c2)n1. The van der Waals surface area contributed by atoms with E-state index in [9.17, 15) is 4.79 Å². The molecule has 0 aliphatic heterocycles. The van der Waals surface area contributed by atoms with Gasteiger partial charge in [0.1, 0.15) is 12.4 Å². The van der Waals surface area contributed by atoms with E-state index >= 15 is 0 Å². The molecule has 146 valence electrons. The molecule has 0 radical (unpaired) electrons. The van der Waals surface area contributed by atoms with E-state index in [1.165, 1.54) is 11.8 Å². The topological polar surface area (TPSA) is 79.9 Å². The Balaban J connectivity index is 1.51. The highest BCUT2D eigenvalue weighted by Crippen LogP contribution is 2.22. The van der Waals surface area contributed by atoms with Crippen molar-refractivity contribution in [3.8, 4) is 5.75 Å². The molecule has 0 saturated carbocycles. The Labute approximate surface area is 169 Å². The van der Waals surface area contributed by atoms with Gasteiger partial charge in [0.05, 0.1) is 5.75 Å². The first-order valence-corrected chi connectivity index (χ1v) is 10.2. The maximum absolute atomic E-state index is 12.3. The number of aromatic nitrogens is 3. The summed E-state index contributed by atoms with van der Waals surface area (Å²) in [6, 6.07) is 13.9. The lowest BCUT2D eigenvalue weighted by Crippen LogP contribution is -2.16. The first-order valence-electron chi connectivity index (χ1n) is 9.17. The van der Waals surface area contributed by atoms with Crippen molar-refractivity contribution in [2.45, 2.75) is 39.0 Å². The van der Waals surface area contributed by atoms with Crippen LogP contribution in [0.1, 0.15) is 29.4 Å². The summed E-state index contributed by atoms with van der Waals surface area (Å²) in [5, 5.41) is 10.5. The number of H-pyrrole nitrogens is 1. The number of aryl methyl sites for hydroxylation is 3. The number of benzene rings is 2. The number of hydrogen-bond donors (Lipinski definition) is 2. The van der Waals surface area contributed by atoms with Gasteiger partial charge in [-0.1, -0.05) is 49.0 Å². The number of aromatic amines is 1. The molecular weight excluding hydrogens is 372 g/mol. The highest BCUT2D eigenvalue weighted by Gasteiger charge is 2.11. The molecule has 28 heavy (non-hydrogen) atoms. The van der Waals surface area contributed by atoms with Gasteiger partial charge in [-0.05, 0) is 49.1 Å². The number of anilines is 1. The van der Waals surface area contributed by atoms with Gasteiger partial charge in [-0.25, -0.2) is 4.98 Å². The van der Waals surface area contributed by atoms with E-state index in [1.54, 1.807) is 0 Å². The van der Waals surface area contributed by atoms with Gasteiger partial charge >= 0.3 is 0 Å². The van der Waals surface area contributed by atoms with Crippen LogP contribution < -0.4 is 10.1 Å². The third kappa shape index (κ3) is 5.36. The zero-order chi connectivity index (χ0) is 19.9. The maximum atomic E-state index is 12.3. The summed E-state index contributed by atoms with van der Waals surface area (Å²) >= 11 is 1.29. The first-order chi connectivity index (χ1) is 13.5. The Morgan fingerprint density at radius 3 is 2.82 bits per heavy atom. The number of amides is 1. The molecule has 6 nitrogen and oxygen atoms in total. The molecule has 3 aromatic rings. The molecule has 1 amide bonds. The molecule has 0 spiro atoms. The lowest BCUT2D eigenvalue weighted by molar-refractivity contribution is -0.113. The monoisotopic (exact) mass is 396 g/mol. The molecule has 0 saturated heterocycles. The van der Waals surface area contributed by atoms with Crippen molar-refractivity contribution in [2.75, 3.05) is 11.1 Å². The molecular formula is C21H24N4O2S. The maximum Gasteiger partial charge on any atom is 0.234 e. The Morgan fingerprint density at radius 1 is 1.21 bits per heavy atom. The highest BCUT2D eigenvalue weighted by atomic mass is 32.2. The van der Waals surface area contributed by atoms with Gasteiger partial charge in [0.15, 0.2) is 5.82 Å². The summed E-state index contributed by atoms with van der Waals surface area (Å²) in [6.07, 6.45) is 0.871. The number of carbonyl (C=O) groups is 1. The predicted molar refractivity (Wildman–Crippen MR) is 112 cm³/mol. The van der Waals surface area contributed by atoms with E-state index in [-0.39, 0.29) is 11.7 Å². The van der Waals surface area contributed by atoms with Crippen molar-refractivity contribution in [2.24, 2.45) is 0 Å². The van der Waals surface area contributed by atoms with E-state index in [4.69, 9.17) is 4.74 Å². The molecule has 1 heterocycles. The van der Waals surface area contributed by atoms with E-state index in [0.717, 1.165) is 34.5 Å². The molecule has 3 rings (SSSR count). The van der Waals surface area contributed by atoms with Gasteiger partial charge in [-0.3, -0.25) is 9.89 Å². The summed E-state index contributed by atoms with van der Waals surface area (Å²) in [7, 11) is 0. The standard InChI is InChI=1S/C21H24N4O2S/c1-4-16-9-6-8-15(3)20(16)23-19(26)13-28-21-22-18(24-25-21)12-27-17-10-5-7-14(2)11-17/h5-11H,4,12-13H2,1-3H3,(H,23,26)(H,22,24,25). The molecule has 0 unspecified atom stereocenters. The van der Waals surface area contributed by atoms with Crippen LogP contribution in [0, 0.1) is 13.8 Å². The van der Waals surface area contributed by atoms with E-state index in [1.807, 2.05) is 56.3 Å². The van der Waals surface area contributed by atoms with Crippen molar-refractivity contribution in [3.63, 3.8) is 0 Å². The molecule has 0 bridgehead atoms. The second-order valence-electron chi connectivity index (χ2n) is 6.47. The fraction of sp³-hybridized carbons (Fsp3) is 0.286. The molecule has 2 aromatic carbocycles. The van der Waals surface area contributed by atoms with Crippen molar-refractivity contribution in [1.82, 2.24) is 15.2 Å². The van der Waals surface area contributed by atoms with Gasteiger partial charge in [-0.15, -0.1) is 5.10 Å². The number of para-hydroxylation sites is 1. The minimum atomic E-state index is -0.0728. The summed E-state index contributed by atoms with van der Waals surface area (Å²) < 4.78 is 5.71. The fourth-order valence-corrected chi connectivity index (χ4v) is 3.39. The zero-order valence-corrected chi connectivity index (χ0v) is 17.1. The fourth-order valence-electron chi connectivity index (χ4n) is 2.77. The van der Waals surface area contributed by atoms with E-state index < -0.39 is 0 Å². The summed E-state index contributed by atoms with van der Waals surface area (Å²) in [4.78, 5) is 16.7. The van der Waals surface area contributed by atoms with Crippen LogP contribution in [0.2, 0.25) is 0 Å². The van der Waals surface area contributed by atoms with Crippen LogP contribution in [-0.2, 0) is 17.8 Å². The largest absolute Gasteiger partial charge is 0.486 e. The lowest BCUT2D eigenvalue weighted by atomic mass is 10.1. The van der Waals surface area contributed by atoms with Crippen LogP contribution in [0.5, 0.6) is 5.75 Å². The first kappa shape index (κ1) is 19.9. The van der Waals surface area contributed by atoms with Gasteiger partial charge in [0.25, 0.3) is 0 Å². The van der Waals surface area contributed by atoms with Crippen molar-refractivity contribution >= 4 is 23.4 Å². The van der Waals surface area contributed by atoms with Crippen LogP contribution in [0.4, 0.5) is 5.69 Å². The third-order valence-electron chi connectivity index (χ3n) is 4.21. The Kier molecular flexibility index (Phi) is 6.71. The molecule has 7 heteroatoms. The minimum Gasteiger partial charge on any atom is -0.486 e. The third-order valence-corrected chi connectivity index (χ3v) is 5.06. The Bertz CT molecular complexity index is 955. The summed E-state index contributed by atoms with van der Waals surface area (Å²) in [6.45, 7) is 6.39. The second kappa shape index (κ2) is 9.41. The highest BCUT2D eigenvalue weighted by molar-refractivity contribution is 7.99.